The summed E-state index contributed by atoms with van der Waals surface area (Å²) in [7, 11) is 0. The first kappa shape index (κ1) is 18.2. The third-order valence-corrected chi connectivity index (χ3v) is 5.44. The van der Waals surface area contributed by atoms with E-state index in [0.29, 0.717) is 11.0 Å². The molecule has 0 spiro atoms. The number of nitrogens with zero attached hydrogens (tertiary/aromatic N) is 4. The minimum absolute atomic E-state index is 0.0487. The van der Waals surface area contributed by atoms with Gasteiger partial charge in [-0.25, -0.2) is 4.79 Å². The fourth-order valence-electron chi connectivity index (χ4n) is 3.04. The van der Waals surface area contributed by atoms with E-state index in [1.165, 1.54) is 4.57 Å². The minimum Gasteiger partial charge on any atom is -0.384 e. The van der Waals surface area contributed by atoms with Gasteiger partial charge in [0.1, 0.15) is 17.2 Å². The number of aromatic amines is 1. The average Bonchev–Trinajstić information content (AvgIpc) is 3.42. The van der Waals surface area contributed by atoms with Crippen LogP contribution in [0.4, 0.5) is 5.82 Å². The third kappa shape index (κ3) is 3.26. The van der Waals surface area contributed by atoms with Crippen LogP contribution in [0.2, 0.25) is 0 Å². The quantitative estimate of drug-likeness (QED) is 0.473. The summed E-state index contributed by atoms with van der Waals surface area (Å²) in [5, 5.41) is 8.73. The second kappa shape index (κ2) is 7.12. The van der Waals surface area contributed by atoms with Gasteiger partial charge in [0.05, 0.1) is 5.75 Å². The number of rotatable bonds is 6. The maximum Gasteiger partial charge on any atom is 0.330 e. The Morgan fingerprint density at radius 2 is 1.96 bits per heavy atom. The average molecular weight is 398 g/mol. The number of Topliss-reactive ketones (excluding diaryl/α,β-unsaturated/α-hetero) is 1. The van der Waals surface area contributed by atoms with Crippen LogP contribution < -0.4 is 17.0 Å². The Morgan fingerprint density at radius 1 is 1.25 bits per heavy atom. The first-order chi connectivity index (χ1) is 13.5. The predicted molar refractivity (Wildman–Crippen MR) is 105 cm³/mol. The van der Waals surface area contributed by atoms with Crippen molar-refractivity contribution in [1.82, 2.24) is 24.3 Å². The number of ketones is 1. The van der Waals surface area contributed by atoms with E-state index in [0.717, 1.165) is 30.3 Å². The zero-order valence-corrected chi connectivity index (χ0v) is 15.9. The van der Waals surface area contributed by atoms with Gasteiger partial charge in [0.15, 0.2) is 10.9 Å². The second-order valence-electron chi connectivity index (χ2n) is 6.53. The lowest BCUT2D eigenvalue weighted by Gasteiger charge is -2.11. The molecule has 1 saturated carbocycles. The summed E-state index contributed by atoms with van der Waals surface area (Å²) in [6, 6.07) is 9.48. The molecule has 1 aliphatic carbocycles. The Balaban J connectivity index is 1.61. The van der Waals surface area contributed by atoms with Crippen molar-refractivity contribution in [3.05, 3.63) is 62.6 Å². The van der Waals surface area contributed by atoms with E-state index in [2.05, 4.69) is 15.2 Å². The monoisotopic (exact) mass is 398 g/mol. The third-order valence-electron chi connectivity index (χ3n) is 4.51. The van der Waals surface area contributed by atoms with Gasteiger partial charge in [-0.2, -0.15) is 0 Å². The number of nitrogens with two attached hydrogens (primary N) is 1. The largest absolute Gasteiger partial charge is 0.384 e. The lowest BCUT2D eigenvalue weighted by Crippen LogP contribution is -2.36. The van der Waals surface area contributed by atoms with Gasteiger partial charge < -0.3 is 5.73 Å². The number of H-pyrrole nitrogens is 1. The zero-order valence-electron chi connectivity index (χ0n) is 15.1. The molecule has 1 aliphatic rings. The fraction of sp³-hybridized carbons (Fsp3) is 0.278. The van der Waals surface area contributed by atoms with Crippen molar-refractivity contribution >= 4 is 23.4 Å². The molecule has 4 rings (SSSR count). The van der Waals surface area contributed by atoms with E-state index >= 15 is 0 Å². The van der Waals surface area contributed by atoms with Crippen LogP contribution in [0.5, 0.6) is 0 Å². The van der Waals surface area contributed by atoms with Crippen molar-refractivity contribution in [2.75, 3.05) is 11.5 Å². The van der Waals surface area contributed by atoms with Crippen molar-refractivity contribution in [1.29, 1.82) is 0 Å². The molecule has 0 aliphatic heterocycles. The highest BCUT2D eigenvalue weighted by molar-refractivity contribution is 7.99. The molecule has 28 heavy (non-hydrogen) atoms. The molecule has 0 amide bonds. The molecule has 0 unspecified atom stereocenters. The highest BCUT2D eigenvalue weighted by atomic mass is 32.2. The number of aromatic nitrogens is 5. The summed E-state index contributed by atoms with van der Waals surface area (Å²) in [6.07, 6.45) is 1.61. The summed E-state index contributed by atoms with van der Waals surface area (Å²) in [5.74, 6) is 0.1000. The smallest absolute Gasteiger partial charge is 0.330 e. The maximum absolute atomic E-state index is 12.7. The van der Waals surface area contributed by atoms with Crippen molar-refractivity contribution in [2.45, 2.75) is 31.0 Å². The van der Waals surface area contributed by atoms with Crippen molar-refractivity contribution in [3.63, 3.8) is 0 Å². The topological polar surface area (TPSA) is 129 Å². The number of nitrogen functional groups attached to an aromatic ring is 1. The Kier molecular flexibility index (Phi) is 4.63. The van der Waals surface area contributed by atoms with Gasteiger partial charge in [-0.1, -0.05) is 30.0 Å². The zero-order chi connectivity index (χ0) is 19.8. The second-order valence-corrected chi connectivity index (χ2v) is 7.48. The number of carbonyl (C=O) groups is 1. The number of thioether (sulfide) groups is 1. The number of aryl methyl sites for hydroxylation is 1. The number of para-hydroxylation sites is 1. The highest BCUT2D eigenvalue weighted by Crippen LogP contribution is 2.35. The number of carbonyl (C=O) groups excluding carboxylic acids is 1. The van der Waals surface area contributed by atoms with Crippen LogP contribution in [0.25, 0.3) is 5.69 Å². The summed E-state index contributed by atoms with van der Waals surface area (Å²) in [5.41, 5.74) is 5.36. The summed E-state index contributed by atoms with van der Waals surface area (Å²) in [4.78, 5) is 39.1. The van der Waals surface area contributed by atoms with Gasteiger partial charge in [-0.3, -0.25) is 23.7 Å². The summed E-state index contributed by atoms with van der Waals surface area (Å²) < 4.78 is 3.13. The molecule has 1 fully saturated rings. The lowest BCUT2D eigenvalue weighted by molar-refractivity contribution is 0.102. The molecule has 0 atom stereocenters. The lowest BCUT2D eigenvalue weighted by atomic mass is 10.2. The van der Waals surface area contributed by atoms with Gasteiger partial charge in [-0.05, 0) is 31.9 Å². The first-order valence-corrected chi connectivity index (χ1v) is 9.73. The summed E-state index contributed by atoms with van der Waals surface area (Å²) in [6.45, 7) is 1.82. The Labute approximate surface area is 163 Å². The fourth-order valence-corrected chi connectivity index (χ4v) is 3.91. The number of benzene rings is 1. The van der Waals surface area contributed by atoms with Crippen molar-refractivity contribution in [3.8, 4) is 5.69 Å². The Hall–Kier alpha value is -3.14. The molecule has 3 N–H and O–H groups in total. The number of nitrogens with one attached hydrogen (secondary N) is 1. The van der Waals surface area contributed by atoms with E-state index in [1.54, 1.807) is 0 Å². The first-order valence-electron chi connectivity index (χ1n) is 8.75. The number of hydrogen-bond donors (Lipinski definition) is 2. The van der Waals surface area contributed by atoms with Crippen molar-refractivity contribution in [2.24, 2.45) is 0 Å². The molecule has 9 nitrogen and oxygen atoms in total. The van der Waals surface area contributed by atoms with Crippen LogP contribution in [-0.2, 0) is 0 Å². The predicted octanol–water partition coefficient (Wildman–Crippen LogP) is 1.32. The van der Waals surface area contributed by atoms with Gasteiger partial charge in [0.2, 0.25) is 0 Å². The SMILES string of the molecule is Cc1nnc(SCC(=O)c2c(N)n(C3CC3)c(=O)[nH]c2=O)n1-c1ccccc1. The van der Waals surface area contributed by atoms with Crippen LogP contribution in [0.15, 0.2) is 45.1 Å². The van der Waals surface area contributed by atoms with E-state index in [9.17, 15) is 14.4 Å². The Morgan fingerprint density at radius 3 is 2.64 bits per heavy atom. The van der Waals surface area contributed by atoms with Gasteiger partial charge in [0.25, 0.3) is 5.56 Å². The molecule has 2 heterocycles. The molecule has 0 radical (unpaired) electrons. The molecule has 0 saturated heterocycles. The van der Waals surface area contributed by atoms with E-state index in [1.807, 2.05) is 41.8 Å². The van der Waals surface area contributed by atoms with Gasteiger partial charge >= 0.3 is 5.69 Å². The molecule has 2 aromatic heterocycles. The van der Waals surface area contributed by atoms with Crippen LogP contribution in [0.1, 0.15) is 35.1 Å². The molecule has 10 heteroatoms. The highest BCUT2D eigenvalue weighted by Gasteiger charge is 2.30. The molecular formula is C18H18N6O3S. The van der Waals surface area contributed by atoms with E-state index in [-0.39, 0.29) is 23.2 Å². The minimum atomic E-state index is -0.759. The van der Waals surface area contributed by atoms with Crippen LogP contribution >= 0.6 is 11.8 Å². The molecule has 144 valence electrons. The van der Waals surface area contributed by atoms with Crippen LogP contribution in [0.3, 0.4) is 0 Å². The summed E-state index contributed by atoms with van der Waals surface area (Å²) >= 11 is 1.16. The maximum atomic E-state index is 12.7. The van der Waals surface area contributed by atoms with E-state index < -0.39 is 17.0 Å². The normalized spacial score (nSPS) is 13.6. The van der Waals surface area contributed by atoms with Crippen molar-refractivity contribution < 1.29 is 4.79 Å². The number of hydrogen-bond acceptors (Lipinski definition) is 7. The number of anilines is 1. The molecule has 3 aromatic rings. The van der Waals surface area contributed by atoms with Gasteiger partial charge in [0, 0.05) is 11.7 Å². The molecule has 1 aromatic carbocycles. The van der Waals surface area contributed by atoms with Crippen LogP contribution in [0, 0.1) is 6.92 Å². The molecule has 0 bridgehead atoms. The molecular weight excluding hydrogens is 380 g/mol. The van der Waals surface area contributed by atoms with Crippen LogP contribution in [-0.4, -0.2) is 35.9 Å². The van der Waals surface area contributed by atoms with Gasteiger partial charge in [-0.15, -0.1) is 10.2 Å². The Bertz CT molecular complexity index is 1160. The standard InChI is InChI=1S/C18H18N6O3S/c1-10-21-22-18(23(10)11-5-3-2-4-6-11)28-9-13(25)14-15(19)24(12-7-8-12)17(27)20-16(14)26/h2-6,12H,7-9,19H2,1H3,(H,20,26,27). The van der Waals surface area contributed by atoms with E-state index in [4.69, 9.17) is 5.73 Å².